The second kappa shape index (κ2) is 28.7. The van der Waals surface area contributed by atoms with E-state index in [-0.39, 0.29) is 5.97 Å². The van der Waals surface area contributed by atoms with E-state index in [2.05, 4.69) is 20.8 Å². The molecule has 0 aromatic carbocycles. The Bertz CT molecular complexity index is 390. The highest BCUT2D eigenvalue weighted by molar-refractivity contribution is 5.69. The molecule has 0 bridgehead atoms. The van der Waals surface area contributed by atoms with Crippen molar-refractivity contribution in [3.05, 3.63) is 0 Å². The smallest absolute Gasteiger partial charge is 0.305 e. The summed E-state index contributed by atoms with van der Waals surface area (Å²) < 4.78 is 5.33. The Balaban J connectivity index is 3.10. The van der Waals surface area contributed by atoms with Crippen molar-refractivity contribution in [2.45, 2.75) is 188 Å². The summed E-state index contributed by atoms with van der Waals surface area (Å²) in [5.74, 6) is 0.762. The molecule has 0 rings (SSSR count). The van der Waals surface area contributed by atoms with Gasteiger partial charge in [0.1, 0.15) is 0 Å². The van der Waals surface area contributed by atoms with Gasteiger partial charge >= 0.3 is 5.97 Å². The quantitative estimate of drug-likeness (QED) is 0.0821. The molecule has 0 heterocycles. The molecule has 0 saturated carbocycles. The summed E-state index contributed by atoms with van der Waals surface area (Å²) in [6.07, 6.45) is 34.8. The zero-order valence-corrected chi connectivity index (χ0v) is 24.0. The molecule has 0 aliphatic rings. The van der Waals surface area contributed by atoms with Gasteiger partial charge in [-0.2, -0.15) is 0 Å². The van der Waals surface area contributed by atoms with E-state index >= 15 is 0 Å². The highest BCUT2D eigenvalue weighted by Gasteiger charge is 2.03. The number of hydrogen-bond donors (Lipinski definition) is 0. The van der Waals surface area contributed by atoms with Crippen molar-refractivity contribution in [1.29, 1.82) is 0 Å². The van der Waals surface area contributed by atoms with E-state index in [1.807, 2.05) is 0 Å². The molecule has 0 aliphatic carbocycles. The van der Waals surface area contributed by atoms with Gasteiger partial charge in [-0.25, -0.2) is 0 Å². The van der Waals surface area contributed by atoms with E-state index < -0.39 is 0 Å². The highest BCUT2D eigenvalue weighted by Crippen LogP contribution is 2.15. The zero-order chi connectivity index (χ0) is 25.0. The van der Waals surface area contributed by atoms with Gasteiger partial charge in [0, 0.05) is 6.42 Å². The van der Waals surface area contributed by atoms with Crippen LogP contribution in [0.3, 0.4) is 0 Å². The maximum absolute atomic E-state index is 11.7. The monoisotopic (exact) mass is 480 g/mol. The number of carbonyl (C=O) groups is 1. The topological polar surface area (TPSA) is 26.3 Å². The molecule has 0 unspecified atom stereocenters. The molecular formula is C32H64O2. The molecule has 2 heteroatoms. The second-order valence-corrected chi connectivity index (χ2v) is 11.3. The summed E-state index contributed by atoms with van der Waals surface area (Å²) in [5, 5.41) is 0. The van der Waals surface area contributed by atoms with Gasteiger partial charge in [-0.1, -0.05) is 162 Å². The Morgan fingerprint density at radius 3 is 1.21 bits per heavy atom. The van der Waals surface area contributed by atoms with E-state index in [0.29, 0.717) is 13.0 Å². The van der Waals surface area contributed by atoms with Crippen molar-refractivity contribution in [3.8, 4) is 0 Å². The molecule has 0 saturated heterocycles. The van der Waals surface area contributed by atoms with Gasteiger partial charge in [-0.15, -0.1) is 0 Å². The molecular weight excluding hydrogens is 416 g/mol. The lowest BCUT2D eigenvalue weighted by molar-refractivity contribution is -0.143. The average Bonchev–Trinajstić information content (AvgIpc) is 2.82. The lowest BCUT2D eigenvalue weighted by Gasteiger charge is -2.06. The van der Waals surface area contributed by atoms with Gasteiger partial charge in [-0.3, -0.25) is 4.79 Å². The molecule has 0 aromatic heterocycles. The van der Waals surface area contributed by atoms with Gasteiger partial charge in [0.2, 0.25) is 0 Å². The molecule has 0 spiro atoms. The van der Waals surface area contributed by atoms with E-state index in [0.717, 1.165) is 18.8 Å². The fraction of sp³-hybridized carbons (Fsp3) is 0.969. The number of rotatable bonds is 28. The maximum atomic E-state index is 11.7. The van der Waals surface area contributed by atoms with Crippen LogP contribution in [0.4, 0.5) is 0 Å². The zero-order valence-electron chi connectivity index (χ0n) is 24.0. The summed E-state index contributed by atoms with van der Waals surface area (Å²) in [4.78, 5) is 11.7. The van der Waals surface area contributed by atoms with Crippen LogP contribution in [-0.2, 0) is 9.53 Å². The lowest BCUT2D eigenvalue weighted by Crippen LogP contribution is -2.05. The fourth-order valence-corrected chi connectivity index (χ4v) is 4.79. The first-order valence-corrected chi connectivity index (χ1v) is 15.8. The first kappa shape index (κ1) is 33.5. The van der Waals surface area contributed by atoms with Crippen molar-refractivity contribution < 1.29 is 9.53 Å². The average molecular weight is 481 g/mol. The largest absolute Gasteiger partial charge is 0.466 e. The van der Waals surface area contributed by atoms with Crippen LogP contribution in [-0.4, -0.2) is 12.6 Å². The molecule has 204 valence electrons. The van der Waals surface area contributed by atoms with Crippen molar-refractivity contribution in [2.75, 3.05) is 6.61 Å². The van der Waals surface area contributed by atoms with E-state index in [1.54, 1.807) is 0 Å². The third-order valence-corrected chi connectivity index (χ3v) is 7.17. The van der Waals surface area contributed by atoms with Crippen molar-refractivity contribution in [3.63, 3.8) is 0 Å². The number of hydrogen-bond acceptors (Lipinski definition) is 2. The van der Waals surface area contributed by atoms with Crippen LogP contribution in [0.15, 0.2) is 0 Å². The van der Waals surface area contributed by atoms with Crippen LogP contribution in [0.5, 0.6) is 0 Å². The van der Waals surface area contributed by atoms with Crippen molar-refractivity contribution >= 4 is 5.97 Å². The normalized spacial score (nSPS) is 11.4. The number of carbonyl (C=O) groups excluding carboxylic acids is 1. The summed E-state index contributed by atoms with van der Waals surface area (Å²) in [6, 6.07) is 0. The molecule has 2 nitrogen and oxygen atoms in total. The molecule has 0 amide bonds. The molecule has 0 N–H and O–H groups in total. The van der Waals surface area contributed by atoms with Gasteiger partial charge in [0.25, 0.3) is 0 Å². The SMILES string of the molecule is CCCCCCCCCCCCCCCCCCCCCCCCC(=O)OCCCCC(C)C. The first-order chi connectivity index (χ1) is 16.7. The number of ether oxygens (including phenoxy) is 1. The first-order valence-electron chi connectivity index (χ1n) is 15.8. The molecule has 34 heavy (non-hydrogen) atoms. The predicted octanol–water partition coefficient (Wildman–Crippen LogP) is 11.3. The Morgan fingerprint density at radius 2 is 0.853 bits per heavy atom. The van der Waals surface area contributed by atoms with Gasteiger partial charge < -0.3 is 4.74 Å². The molecule has 0 aromatic rings. The van der Waals surface area contributed by atoms with Gasteiger partial charge in [-0.05, 0) is 25.2 Å². The minimum Gasteiger partial charge on any atom is -0.466 e. The third kappa shape index (κ3) is 29.5. The highest BCUT2D eigenvalue weighted by atomic mass is 16.5. The van der Waals surface area contributed by atoms with E-state index in [1.165, 1.54) is 148 Å². The van der Waals surface area contributed by atoms with Crippen LogP contribution in [0.1, 0.15) is 188 Å². The summed E-state index contributed by atoms with van der Waals surface area (Å²) in [5.41, 5.74) is 0. The van der Waals surface area contributed by atoms with Gasteiger partial charge in [0.05, 0.1) is 6.61 Å². The standard InChI is InChI=1S/C32H64O2/c1-4-5-6-7-8-9-10-11-12-13-14-15-16-17-18-19-20-21-22-23-24-25-29-32(33)34-30-27-26-28-31(2)3/h31H,4-30H2,1-3H3. The summed E-state index contributed by atoms with van der Waals surface area (Å²) in [7, 11) is 0. The van der Waals surface area contributed by atoms with Crippen LogP contribution in [0.25, 0.3) is 0 Å². The van der Waals surface area contributed by atoms with Crippen LogP contribution < -0.4 is 0 Å². The minimum atomic E-state index is 0.0118. The summed E-state index contributed by atoms with van der Waals surface area (Å²) in [6.45, 7) is 7.40. The lowest BCUT2D eigenvalue weighted by atomic mass is 10.0. The van der Waals surface area contributed by atoms with Crippen molar-refractivity contribution in [1.82, 2.24) is 0 Å². The summed E-state index contributed by atoms with van der Waals surface area (Å²) >= 11 is 0. The van der Waals surface area contributed by atoms with Crippen LogP contribution in [0.2, 0.25) is 0 Å². The fourth-order valence-electron chi connectivity index (χ4n) is 4.79. The molecule has 0 aliphatic heterocycles. The van der Waals surface area contributed by atoms with E-state index in [4.69, 9.17) is 4.74 Å². The maximum Gasteiger partial charge on any atom is 0.305 e. The molecule has 0 atom stereocenters. The Morgan fingerprint density at radius 1 is 0.500 bits per heavy atom. The Labute approximate surface area is 215 Å². The number of unbranched alkanes of at least 4 members (excludes halogenated alkanes) is 22. The second-order valence-electron chi connectivity index (χ2n) is 11.3. The minimum absolute atomic E-state index is 0.0118. The van der Waals surface area contributed by atoms with Crippen molar-refractivity contribution in [2.24, 2.45) is 5.92 Å². The third-order valence-electron chi connectivity index (χ3n) is 7.17. The van der Waals surface area contributed by atoms with Crippen LogP contribution >= 0.6 is 0 Å². The molecule has 0 radical (unpaired) electrons. The Hall–Kier alpha value is -0.530. The van der Waals surface area contributed by atoms with Gasteiger partial charge in [0.15, 0.2) is 0 Å². The number of esters is 1. The predicted molar refractivity (Wildman–Crippen MR) is 152 cm³/mol. The van der Waals surface area contributed by atoms with Crippen LogP contribution in [0, 0.1) is 5.92 Å². The Kier molecular flexibility index (Phi) is 28.3. The van der Waals surface area contributed by atoms with E-state index in [9.17, 15) is 4.79 Å². The molecule has 0 fully saturated rings.